The van der Waals surface area contributed by atoms with Crippen LogP contribution in [-0.2, 0) is 16.0 Å². The van der Waals surface area contributed by atoms with Gasteiger partial charge in [-0.25, -0.2) is 4.98 Å². The van der Waals surface area contributed by atoms with E-state index in [9.17, 15) is 14.7 Å². The lowest BCUT2D eigenvalue weighted by molar-refractivity contribution is -0.132. The van der Waals surface area contributed by atoms with Gasteiger partial charge in [0, 0.05) is 12.0 Å². The van der Waals surface area contributed by atoms with Crippen molar-refractivity contribution in [2.75, 3.05) is 18.1 Å². The molecule has 1 amide bonds. The average Bonchev–Trinajstić information content (AvgIpc) is 3.64. The van der Waals surface area contributed by atoms with Gasteiger partial charge in [-0.2, -0.15) is 0 Å². The van der Waals surface area contributed by atoms with E-state index in [0.717, 1.165) is 32.7 Å². The standard InChI is InChI=1S/C34H32N2O6S/c1-6-12-41-25-11-8-21(17-26(25)40-7-2)30-28(31(37)22-9-10-24-23(16-22)15-20(5)42-24)32(38)33(39)36(30)34-35-29-19(4)13-18(3)14-27(29)43-34/h6,8-11,13-14,16-17,20,30,37H,1,7,12,15H2,2-5H3/b31-28-. The molecule has 0 spiro atoms. The first-order chi connectivity index (χ1) is 20.7. The summed E-state index contributed by atoms with van der Waals surface area (Å²) in [4.78, 5) is 33.8. The molecule has 3 aromatic carbocycles. The third-order valence-electron chi connectivity index (χ3n) is 7.58. The second-order valence-electron chi connectivity index (χ2n) is 10.8. The number of fused-ring (bicyclic) bond motifs is 2. The first kappa shape index (κ1) is 28.5. The van der Waals surface area contributed by atoms with Crippen LogP contribution in [0.5, 0.6) is 17.2 Å². The molecule has 3 heterocycles. The van der Waals surface area contributed by atoms with E-state index in [4.69, 9.17) is 19.2 Å². The molecule has 0 saturated carbocycles. The number of benzene rings is 3. The van der Waals surface area contributed by atoms with E-state index in [-0.39, 0.29) is 24.0 Å². The number of thiazole rings is 1. The molecule has 9 heteroatoms. The highest BCUT2D eigenvalue weighted by atomic mass is 32.1. The number of aromatic nitrogens is 1. The minimum atomic E-state index is -0.960. The first-order valence-electron chi connectivity index (χ1n) is 14.2. The van der Waals surface area contributed by atoms with Crippen molar-refractivity contribution < 1.29 is 28.9 Å². The Morgan fingerprint density at radius 3 is 2.72 bits per heavy atom. The quantitative estimate of drug-likeness (QED) is 0.103. The largest absolute Gasteiger partial charge is 0.507 e. The van der Waals surface area contributed by atoms with Gasteiger partial charge < -0.3 is 19.3 Å². The summed E-state index contributed by atoms with van der Waals surface area (Å²) in [5, 5.41) is 12.1. The Kier molecular flexibility index (Phi) is 7.43. The number of amides is 1. The maximum Gasteiger partial charge on any atom is 0.301 e. The number of hydrogen-bond donors (Lipinski definition) is 1. The number of anilines is 1. The minimum absolute atomic E-state index is 0.0166. The van der Waals surface area contributed by atoms with E-state index in [0.29, 0.717) is 40.8 Å². The average molecular weight is 597 g/mol. The van der Waals surface area contributed by atoms with Gasteiger partial charge in [-0.15, -0.1) is 0 Å². The fourth-order valence-corrected chi connectivity index (χ4v) is 6.93. The molecule has 1 N–H and O–H groups in total. The van der Waals surface area contributed by atoms with Crippen LogP contribution in [0.2, 0.25) is 0 Å². The molecule has 2 unspecified atom stereocenters. The van der Waals surface area contributed by atoms with Crippen LogP contribution in [0.25, 0.3) is 16.0 Å². The number of carbonyl (C=O) groups is 2. The highest BCUT2D eigenvalue weighted by molar-refractivity contribution is 7.22. The van der Waals surface area contributed by atoms with Crippen LogP contribution in [0.15, 0.2) is 66.8 Å². The molecule has 6 rings (SSSR count). The Morgan fingerprint density at radius 1 is 1.14 bits per heavy atom. The number of ether oxygens (including phenoxy) is 3. The molecule has 1 fully saturated rings. The Bertz CT molecular complexity index is 1820. The Labute approximate surface area is 253 Å². The molecular weight excluding hydrogens is 564 g/mol. The summed E-state index contributed by atoms with van der Waals surface area (Å²) < 4.78 is 18.4. The molecular formula is C34H32N2O6S. The van der Waals surface area contributed by atoms with Crippen LogP contribution in [0, 0.1) is 13.8 Å². The number of ketones is 1. The summed E-state index contributed by atoms with van der Waals surface area (Å²) in [6.07, 6.45) is 2.34. The minimum Gasteiger partial charge on any atom is -0.507 e. The monoisotopic (exact) mass is 596 g/mol. The van der Waals surface area contributed by atoms with E-state index in [2.05, 4.69) is 6.58 Å². The summed E-state index contributed by atoms with van der Waals surface area (Å²) in [5.74, 6) is -0.107. The van der Waals surface area contributed by atoms with Crippen molar-refractivity contribution in [1.82, 2.24) is 4.98 Å². The maximum absolute atomic E-state index is 13.8. The molecule has 0 radical (unpaired) electrons. The van der Waals surface area contributed by atoms with E-state index in [1.165, 1.54) is 16.2 Å². The number of aliphatic hydroxyl groups is 1. The van der Waals surface area contributed by atoms with Gasteiger partial charge in [0.15, 0.2) is 16.6 Å². The SMILES string of the molecule is C=CCOc1ccc(C2/C(=C(/O)c3ccc4c(c3)CC(C)O4)C(=O)C(=O)N2c2nc3c(C)cc(C)cc3s2)cc1OCC. The summed E-state index contributed by atoms with van der Waals surface area (Å²) in [7, 11) is 0. The van der Waals surface area contributed by atoms with E-state index in [1.807, 2.05) is 45.9 Å². The van der Waals surface area contributed by atoms with Crippen LogP contribution in [0.4, 0.5) is 5.13 Å². The second kappa shape index (κ2) is 11.2. The molecule has 8 nitrogen and oxygen atoms in total. The third kappa shape index (κ3) is 5.03. The molecule has 2 atom stereocenters. The van der Waals surface area contributed by atoms with Crippen LogP contribution < -0.4 is 19.1 Å². The topological polar surface area (TPSA) is 98.2 Å². The second-order valence-corrected chi connectivity index (χ2v) is 11.8. The van der Waals surface area contributed by atoms with Gasteiger partial charge >= 0.3 is 5.91 Å². The number of nitrogens with zero attached hydrogens (tertiary/aromatic N) is 2. The molecule has 4 aromatic rings. The molecule has 1 saturated heterocycles. The number of aliphatic hydroxyl groups excluding tert-OH is 1. The fourth-order valence-electron chi connectivity index (χ4n) is 5.76. The fraction of sp³-hybridized carbons (Fsp3) is 0.265. The molecule has 2 aliphatic heterocycles. The van der Waals surface area contributed by atoms with Gasteiger partial charge in [0.2, 0.25) is 0 Å². The summed E-state index contributed by atoms with van der Waals surface area (Å²) in [5.41, 5.74) is 4.73. The molecule has 220 valence electrons. The Balaban J connectivity index is 1.55. The number of hydrogen-bond acceptors (Lipinski definition) is 8. The lowest BCUT2D eigenvalue weighted by atomic mass is 9.94. The maximum atomic E-state index is 13.8. The molecule has 1 aromatic heterocycles. The van der Waals surface area contributed by atoms with Gasteiger partial charge in [-0.1, -0.05) is 36.1 Å². The molecule has 0 aliphatic carbocycles. The zero-order valence-electron chi connectivity index (χ0n) is 24.5. The van der Waals surface area contributed by atoms with Crippen LogP contribution >= 0.6 is 11.3 Å². The van der Waals surface area contributed by atoms with Crippen molar-refractivity contribution in [3.8, 4) is 17.2 Å². The molecule has 0 bridgehead atoms. The Morgan fingerprint density at radius 2 is 1.95 bits per heavy atom. The predicted octanol–water partition coefficient (Wildman–Crippen LogP) is 6.83. The number of rotatable bonds is 8. The van der Waals surface area contributed by atoms with E-state index >= 15 is 0 Å². The highest BCUT2D eigenvalue weighted by Gasteiger charge is 2.48. The van der Waals surface area contributed by atoms with Crippen molar-refractivity contribution >= 4 is 44.1 Å². The van der Waals surface area contributed by atoms with Crippen LogP contribution in [-0.4, -0.2) is 41.1 Å². The Hall–Kier alpha value is -4.63. The van der Waals surface area contributed by atoms with Gasteiger partial charge in [0.05, 0.1) is 28.4 Å². The van der Waals surface area contributed by atoms with E-state index in [1.54, 1.807) is 36.4 Å². The smallest absolute Gasteiger partial charge is 0.301 e. The van der Waals surface area contributed by atoms with Crippen LogP contribution in [0.3, 0.4) is 0 Å². The molecule has 43 heavy (non-hydrogen) atoms. The lowest BCUT2D eigenvalue weighted by Gasteiger charge is -2.24. The number of Topliss-reactive ketones (excluding diaryl/α,β-unsaturated/α-hetero) is 1. The normalized spacial score (nSPS) is 19.0. The highest BCUT2D eigenvalue weighted by Crippen LogP contribution is 2.46. The summed E-state index contributed by atoms with van der Waals surface area (Å²) in [6.45, 7) is 12.2. The molecule has 2 aliphatic rings. The summed E-state index contributed by atoms with van der Waals surface area (Å²) in [6, 6.07) is 13.7. The summed E-state index contributed by atoms with van der Waals surface area (Å²) >= 11 is 1.34. The number of aryl methyl sites for hydroxylation is 2. The van der Waals surface area contributed by atoms with Gasteiger partial charge in [0.1, 0.15) is 24.2 Å². The predicted molar refractivity (Wildman–Crippen MR) is 167 cm³/mol. The van der Waals surface area contributed by atoms with Crippen molar-refractivity contribution in [2.45, 2.75) is 46.3 Å². The zero-order valence-corrected chi connectivity index (χ0v) is 25.3. The van der Waals surface area contributed by atoms with Crippen molar-refractivity contribution in [3.05, 3.63) is 94.6 Å². The lowest BCUT2D eigenvalue weighted by Crippen LogP contribution is -2.29. The van der Waals surface area contributed by atoms with Crippen molar-refractivity contribution in [2.24, 2.45) is 0 Å². The first-order valence-corrected chi connectivity index (χ1v) is 15.0. The zero-order chi connectivity index (χ0) is 30.4. The van der Waals surface area contributed by atoms with E-state index < -0.39 is 17.7 Å². The van der Waals surface area contributed by atoms with Gasteiger partial charge in [-0.3, -0.25) is 14.5 Å². The third-order valence-corrected chi connectivity index (χ3v) is 8.58. The van der Waals surface area contributed by atoms with Gasteiger partial charge in [0.25, 0.3) is 5.78 Å². The van der Waals surface area contributed by atoms with Crippen molar-refractivity contribution in [3.63, 3.8) is 0 Å². The number of carbonyl (C=O) groups excluding carboxylic acids is 2. The van der Waals surface area contributed by atoms with Crippen molar-refractivity contribution in [1.29, 1.82) is 0 Å². The van der Waals surface area contributed by atoms with Gasteiger partial charge in [-0.05, 0) is 86.3 Å². The van der Waals surface area contributed by atoms with Crippen LogP contribution in [0.1, 0.15) is 47.7 Å².